The maximum Gasteiger partial charge on any atom is 0.126 e. The van der Waals surface area contributed by atoms with E-state index in [-0.39, 0.29) is 0 Å². The molecule has 2 aromatic rings. The summed E-state index contributed by atoms with van der Waals surface area (Å²) in [5, 5.41) is 2.52. The molecule has 102 valence electrons. The first-order chi connectivity index (χ1) is 9.30. The number of nitrogens with zero attached hydrogens (tertiary/aromatic N) is 1. The number of hydrogen-bond donors (Lipinski definition) is 0. The Kier molecular flexibility index (Phi) is 4.80. The third kappa shape index (κ3) is 3.07. The molecule has 0 aliphatic rings. The molecule has 2 nitrogen and oxygen atoms in total. The minimum atomic E-state index is 0.979. The molecule has 0 aliphatic heterocycles. The standard InChI is InChI=1S/C17H23NO/c1-4-18(5-2)13-12-15-9-6-8-14-10-7-11-16(19-3)17(14)15/h6-11H,4-5,12-13H2,1-3H3. The van der Waals surface area contributed by atoms with Crippen molar-refractivity contribution in [2.45, 2.75) is 20.3 Å². The van der Waals surface area contributed by atoms with Crippen LogP contribution in [0.1, 0.15) is 19.4 Å². The van der Waals surface area contributed by atoms with Crippen LogP contribution in [0.25, 0.3) is 10.8 Å². The Hall–Kier alpha value is -1.54. The lowest BCUT2D eigenvalue weighted by atomic mass is 10.0. The molecule has 19 heavy (non-hydrogen) atoms. The van der Waals surface area contributed by atoms with Gasteiger partial charge in [-0.3, -0.25) is 0 Å². The van der Waals surface area contributed by atoms with Crippen LogP contribution in [0.15, 0.2) is 36.4 Å². The van der Waals surface area contributed by atoms with Crippen molar-refractivity contribution in [3.63, 3.8) is 0 Å². The molecule has 0 saturated carbocycles. The highest BCUT2D eigenvalue weighted by Gasteiger charge is 2.07. The second kappa shape index (κ2) is 6.58. The fourth-order valence-electron chi connectivity index (χ4n) is 2.58. The number of fused-ring (bicyclic) bond motifs is 1. The van der Waals surface area contributed by atoms with Crippen molar-refractivity contribution < 1.29 is 4.74 Å². The van der Waals surface area contributed by atoms with Crippen molar-refractivity contribution in [3.8, 4) is 5.75 Å². The molecule has 0 saturated heterocycles. The van der Waals surface area contributed by atoms with E-state index in [1.807, 2.05) is 6.07 Å². The molecule has 0 bridgehead atoms. The van der Waals surface area contributed by atoms with Gasteiger partial charge in [0.2, 0.25) is 0 Å². The lowest BCUT2D eigenvalue weighted by Gasteiger charge is -2.19. The molecule has 0 unspecified atom stereocenters. The van der Waals surface area contributed by atoms with Gasteiger partial charge in [-0.15, -0.1) is 0 Å². The quantitative estimate of drug-likeness (QED) is 0.781. The zero-order valence-electron chi connectivity index (χ0n) is 12.1. The van der Waals surface area contributed by atoms with Crippen LogP contribution in [0.2, 0.25) is 0 Å². The molecule has 0 atom stereocenters. The molecule has 2 aromatic carbocycles. The largest absolute Gasteiger partial charge is 0.496 e. The summed E-state index contributed by atoms with van der Waals surface area (Å²) in [6.45, 7) is 7.75. The van der Waals surface area contributed by atoms with Gasteiger partial charge in [0.05, 0.1) is 7.11 Å². The Morgan fingerprint density at radius 3 is 2.32 bits per heavy atom. The van der Waals surface area contributed by atoms with Crippen molar-refractivity contribution in [3.05, 3.63) is 42.0 Å². The average molecular weight is 257 g/mol. The summed E-state index contributed by atoms with van der Waals surface area (Å²) in [4.78, 5) is 2.45. The number of rotatable bonds is 6. The van der Waals surface area contributed by atoms with Crippen LogP contribution in [-0.2, 0) is 6.42 Å². The summed E-state index contributed by atoms with van der Waals surface area (Å²) in [6.07, 6.45) is 1.07. The molecule has 0 aromatic heterocycles. The predicted octanol–water partition coefficient (Wildman–Crippen LogP) is 3.73. The van der Waals surface area contributed by atoms with Crippen molar-refractivity contribution in [2.75, 3.05) is 26.7 Å². The van der Waals surface area contributed by atoms with E-state index < -0.39 is 0 Å². The van der Waals surface area contributed by atoms with E-state index in [1.54, 1.807) is 7.11 Å². The molecular weight excluding hydrogens is 234 g/mol. The van der Waals surface area contributed by atoms with E-state index in [2.05, 4.69) is 49.1 Å². The molecule has 2 rings (SSSR count). The Morgan fingerprint density at radius 1 is 1.00 bits per heavy atom. The summed E-state index contributed by atoms with van der Waals surface area (Å²) in [5.41, 5.74) is 1.38. The minimum absolute atomic E-state index is 0.979. The van der Waals surface area contributed by atoms with E-state index in [0.29, 0.717) is 0 Å². The Morgan fingerprint density at radius 2 is 1.68 bits per heavy atom. The van der Waals surface area contributed by atoms with Crippen molar-refractivity contribution in [2.24, 2.45) is 0 Å². The second-order valence-corrected chi connectivity index (χ2v) is 4.75. The molecule has 0 N–H and O–H groups in total. The fourth-order valence-corrected chi connectivity index (χ4v) is 2.58. The van der Waals surface area contributed by atoms with Gasteiger partial charge in [0.15, 0.2) is 0 Å². The van der Waals surface area contributed by atoms with Gasteiger partial charge in [-0.05, 0) is 36.5 Å². The second-order valence-electron chi connectivity index (χ2n) is 4.75. The van der Waals surface area contributed by atoms with Gasteiger partial charge in [0.1, 0.15) is 5.75 Å². The number of benzene rings is 2. The average Bonchev–Trinajstić information content (AvgIpc) is 2.47. The minimum Gasteiger partial charge on any atom is -0.496 e. The van der Waals surface area contributed by atoms with Crippen LogP contribution in [0.4, 0.5) is 0 Å². The van der Waals surface area contributed by atoms with Gasteiger partial charge in [-0.1, -0.05) is 44.2 Å². The lowest BCUT2D eigenvalue weighted by molar-refractivity contribution is 0.308. The maximum absolute atomic E-state index is 5.51. The molecule has 2 heteroatoms. The smallest absolute Gasteiger partial charge is 0.126 e. The van der Waals surface area contributed by atoms with Crippen LogP contribution in [0, 0.1) is 0 Å². The van der Waals surface area contributed by atoms with E-state index in [0.717, 1.165) is 31.8 Å². The molecule has 0 amide bonds. The van der Waals surface area contributed by atoms with E-state index in [9.17, 15) is 0 Å². The van der Waals surface area contributed by atoms with Gasteiger partial charge >= 0.3 is 0 Å². The summed E-state index contributed by atoms with van der Waals surface area (Å²) < 4.78 is 5.51. The molecule has 0 spiro atoms. The topological polar surface area (TPSA) is 12.5 Å². The summed E-state index contributed by atoms with van der Waals surface area (Å²) in [6, 6.07) is 12.8. The van der Waals surface area contributed by atoms with Crippen LogP contribution in [-0.4, -0.2) is 31.6 Å². The first-order valence-electron chi connectivity index (χ1n) is 7.07. The first kappa shape index (κ1) is 13.9. The lowest BCUT2D eigenvalue weighted by Crippen LogP contribution is -2.25. The van der Waals surface area contributed by atoms with Gasteiger partial charge < -0.3 is 9.64 Å². The van der Waals surface area contributed by atoms with Crippen LogP contribution in [0.5, 0.6) is 5.75 Å². The third-order valence-electron chi connectivity index (χ3n) is 3.76. The highest BCUT2D eigenvalue weighted by molar-refractivity contribution is 5.91. The van der Waals surface area contributed by atoms with Gasteiger partial charge in [-0.2, -0.15) is 0 Å². The van der Waals surface area contributed by atoms with E-state index in [4.69, 9.17) is 4.74 Å². The van der Waals surface area contributed by atoms with Crippen LogP contribution in [0.3, 0.4) is 0 Å². The van der Waals surface area contributed by atoms with Crippen molar-refractivity contribution >= 4 is 10.8 Å². The molecule has 0 heterocycles. The Balaban J connectivity index is 2.32. The van der Waals surface area contributed by atoms with E-state index in [1.165, 1.54) is 16.3 Å². The Labute approximate surface area is 116 Å². The Bertz CT molecular complexity index is 527. The molecule has 0 aliphatic carbocycles. The zero-order valence-corrected chi connectivity index (χ0v) is 12.1. The van der Waals surface area contributed by atoms with Crippen LogP contribution < -0.4 is 4.74 Å². The summed E-state index contributed by atoms with van der Waals surface area (Å²) in [5.74, 6) is 0.979. The summed E-state index contributed by atoms with van der Waals surface area (Å²) >= 11 is 0. The molecular formula is C17H23NO. The van der Waals surface area contributed by atoms with E-state index >= 15 is 0 Å². The fraction of sp³-hybridized carbons (Fsp3) is 0.412. The normalized spacial score (nSPS) is 11.2. The molecule has 0 radical (unpaired) electrons. The first-order valence-corrected chi connectivity index (χ1v) is 7.07. The van der Waals surface area contributed by atoms with Crippen molar-refractivity contribution in [1.29, 1.82) is 0 Å². The maximum atomic E-state index is 5.51. The van der Waals surface area contributed by atoms with Crippen molar-refractivity contribution in [1.82, 2.24) is 4.90 Å². The SMILES string of the molecule is CCN(CC)CCc1cccc2cccc(OC)c12. The predicted molar refractivity (Wildman–Crippen MR) is 82.0 cm³/mol. The highest BCUT2D eigenvalue weighted by atomic mass is 16.5. The van der Waals surface area contributed by atoms with Gasteiger partial charge in [-0.25, -0.2) is 0 Å². The number of likely N-dealkylation sites (N-methyl/N-ethyl adjacent to an activating group) is 1. The summed E-state index contributed by atoms with van der Waals surface area (Å²) in [7, 11) is 1.75. The highest BCUT2D eigenvalue weighted by Crippen LogP contribution is 2.29. The number of methoxy groups -OCH3 is 1. The van der Waals surface area contributed by atoms with Crippen LogP contribution >= 0.6 is 0 Å². The number of hydrogen-bond acceptors (Lipinski definition) is 2. The number of ether oxygens (including phenoxy) is 1. The monoisotopic (exact) mass is 257 g/mol. The zero-order chi connectivity index (χ0) is 13.7. The van der Waals surface area contributed by atoms with Gasteiger partial charge in [0, 0.05) is 11.9 Å². The third-order valence-corrected chi connectivity index (χ3v) is 3.76. The molecule has 0 fully saturated rings. The van der Waals surface area contributed by atoms with Gasteiger partial charge in [0.25, 0.3) is 0 Å².